The predicted octanol–water partition coefficient (Wildman–Crippen LogP) is 1.39. The Bertz CT molecular complexity index is 349. The third-order valence-electron chi connectivity index (χ3n) is 2.24. The fourth-order valence-electron chi connectivity index (χ4n) is 1.43. The van der Waals surface area contributed by atoms with Gasteiger partial charge in [-0.1, -0.05) is 30.3 Å². The fourth-order valence-corrected chi connectivity index (χ4v) is 1.43. The molecule has 1 rings (SSSR count). The molecular weight excluding hydrogens is 206 g/mol. The summed E-state index contributed by atoms with van der Waals surface area (Å²) >= 11 is 0. The van der Waals surface area contributed by atoms with Crippen LogP contribution >= 0.6 is 0 Å². The number of ketones is 1. The summed E-state index contributed by atoms with van der Waals surface area (Å²) in [7, 11) is 0. The summed E-state index contributed by atoms with van der Waals surface area (Å²) in [5.74, 6) is 3.83. The van der Waals surface area contributed by atoms with Crippen molar-refractivity contribution in [3.8, 4) is 0 Å². The highest BCUT2D eigenvalue weighted by molar-refractivity contribution is 5.95. The van der Waals surface area contributed by atoms with Crippen LogP contribution in [-0.2, 0) is 20.8 Å². The molecule has 0 amide bonds. The van der Waals surface area contributed by atoms with Crippen molar-refractivity contribution in [3.05, 3.63) is 35.9 Å². The molecule has 0 saturated carbocycles. The van der Waals surface area contributed by atoms with E-state index >= 15 is 0 Å². The van der Waals surface area contributed by atoms with Crippen molar-refractivity contribution in [2.24, 2.45) is 5.90 Å². The summed E-state index contributed by atoms with van der Waals surface area (Å²) in [6, 6.07) is 9.90. The van der Waals surface area contributed by atoms with Gasteiger partial charge in [0, 0.05) is 6.42 Å². The summed E-state index contributed by atoms with van der Waals surface area (Å²) in [5.41, 5.74) is 1.19. The van der Waals surface area contributed by atoms with Gasteiger partial charge in [-0.05, 0) is 18.4 Å². The van der Waals surface area contributed by atoms with Crippen LogP contribution in [0, 0.1) is 0 Å². The lowest BCUT2D eigenvalue weighted by Gasteiger charge is -2.00. The Hall–Kier alpha value is -1.68. The molecule has 0 bridgehead atoms. The quantitative estimate of drug-likeness (QED) is 0.582. The maximum atomic E-state index is 11.2. The van der Waals surface area contributed by atoms with Crippen LogP contribution in [0.4, 0.5) is 0 Å². The number of nitrogens with two attached hydrogens (primary N) is 1. The van der Waals surface area contributed by atoms with E-state index < -0.39 is 5.97 Å². The monoisotopic (exact) mass is 221 g/mol. The van der Waals surface area contributed by atoms with E-state index in [1.165, 1.54) is 5.56 Å². The number of hydrogen-bond donors (Lipinski definition) is 1. The summed E-state index contributed by atoms with van der Waals surface area (Å²) in [6.45, 7) is 0. The van der Waals surface area contributed by atoms with Gasteiger partial charge in [-0.2, -0.15) is 5.90 Å². The van der Waals surface area contributed by atoms with E-state index in [-0.39, 0.29) is 12.2 Å². The maximum absolute atomic E-state index is 11.2. The largest absolute Gasteiger partial charge is 0.373 e. The van der Waals surface area contributed by atoms with E-state index in [1.54, 1.807) is 0 Å². The zero-order valence-electron chi connectivity index (χ0n) is 9.02. The first kappa shape index (κ1) is 12.4. The molecule has 0 fully saturated rings. The van der Waals surface area contributed by atoms with Crippen molar-refractivity contribution in [1.82, 2.24) is 0 Å². The standard InChI is InChI=1S/C12H15NO3/c13-16-12(15)9-11(14)8-4-7-10-5-2-1-3-6-10/h1-3,5-6H,4,7-9,13H2. The van der Waals surface area contributed by atoms with Crippen LogP contribution < -0.4 is 5.90 Å². The van der Waals surface area contributed by atoms with Crippen LogP contribution in [0.25, 0.3) is 0 Å². The van der Waals surface area contributed by atoms with Crippen LogP contribution in [0.3, 0.4) is 0 Å². The molecule has 1 aromatic carbocycles. The molecule has 0 saturated heterocycles. The van der Waals surface area contributed by atoms with Gasteiger partial charge < -0.3 is 4.84 Å². The van der Waals surface area contributed by atoms with E-state index in [0.29, 0.717) is 6.42 Å². The minimum Gasteiger partial charge on any atom is -0.373 e. The van der Waals surface area contributed by atoms with E-state index in [9.17, 15) is 9.59 Å². The average molecular weight is 221 g/mol. The van der Waals surface area contributed by atoms with Crippen molar-refractivity contribution in [2.45, 2.75) is 25.7 Å². The van der Waals surface area contributed by atoms with Gasteiger partial charge in [-0.3, -0.25) is 4.79 Å². The highest BCUT2D eigenvalue weighted by Crippen LogP contribution is 2.05. The Labute approximate surface area is 94.4 Å². The van der Waals surface area contributed by atoms with Crippen LogP contribution in [0.5, 0.6) is 0 Å². The van der Waals surface area contributed by atoms with Crippen LogP contribution in [0.1, 0.15) is 24.8 Å². The maximum Gasteiger partial charge on any atom is 0.331 e. The molecule has 0 spiro atoms. The SMILES string of the molecule is NOC(=O)CC(=O)CCCc1ccccc1. The molecule has 0 aliphatic rings. The van der Waals surface area contributed by atoms with Gasteiger partial charge in [0.05, 0.1) is 0 Å². The van der Waals surface area contributed by atoms with E-state index in [4.69, 9.17) is 0 Å². The van der Waals surface area contributed by atoms with Crippen molar-refractivity contribution < 1.29 is 14.4 Å². The number of Topliss-reactive ketones (excluding diaryl/α,β-unsaturated/α-hetero) is 1. The third kappa shape index (κ3) is 4.70. The van der Waals surface area contributed by atoms with Crippen molar-refractivity contribution in [1.29, 1.82) is 0 Å². The smallest absolute Gasteiger partial charge is 0.331 e. The Balaban J connectivity index is 2.21. The zero-order valence-corrected chi connectivity index (χ0v) is 9.02. The van der Waals surface area contributed by atoms with Crippen LogP contribution in [0.2, 0.25) is 0 Å². The molecule has 1 aromatic rings. The van der Waals surface area contributed by atoms with Crippen LogP contribution in [-0.4, -0.2) is 11.8 Å². The fraction of sp³-hybridized carbons (Fsp3) is 0.333. The predicted molar refractivity (Wildman–Crippen MR) is 59.3 cm³/mol. The van der Waals surface area contributed by atoms with Gasteiger partial charge in [0.15, 0.2) is 0 Å². The number of carbonyl (C=O) groups excluding carboxylic acids is 2. The molecule has 2 N–H and O–H groups in total. The molecule has 0 aromatic heterocycles. The number of carbonyl (C=O) groups is 2. The number of hydrogen-bond acceptors (Lipinski definition) is 4. The molecular formula is C12H15NO3. The highest BCUT2D eigenvalue weighted by atomic mass is 16.7. The van der Waals surface area contributed by atoms with Gasteiger partial charge in [-0.15, -0.1) is 0 Å². The minimum atomic E-state index is -0.676. The first-order valence-corrected chi connectivity index (χ1v) is 5.17. The lowest BCUT2D eigenvalue weighted by atomic mass is 10.1. The van der Waals surface area contributed by atoms with E-state index in [0.717, 1.165) is 12.8 Å². The molecule has 0 unspecified atom stereocenters. The van der Waals surface area contributed by atoms with E-state index in [1.807, 2.05) is 30.3 Å². The van der Waals surface area contributed by atoms with Crippen molar-refractivity contribution in [3.63, 3.8) is 0 Å². The first-order chi connectivity index (χ1) is 7.72. The summed E-state index contributed by atoms with van der Waals surface area (Å²) in [5, 5.41) is 0. The molecule has 16 heavy (non-hydrogen) atoms. The molecule has 0 atom stereocenters. The molecule has 4 heteroatoms. The summed E-state index contributed by atoms with van der Waals surface area (Å²) in [4.78, 5) is 25.9. The normalized spacial score (nSPS) is 9.81. The molecule has 0 heterocycles. The number of aryl methyl sites for hydroxylation is 1. The molecule has 0 aliphatic heterocycles. The van der Waals surface area contributed by atoms with Gasteiger partial charge in [-0.25, -0.2) is 4.79 Å². The first-order valence-electron chi connectivity index (χ1n) is 5.17. The average Bonchev–Trinajstić information content (AvgIpc) is 2.30. The van der Waals surface area contributed by atoms with E-state index in [2.05, 4.69) is 10.7 Å². The lowest BCUT2D eigenvalue weighted by molar-refractivity contribution is -0.146. The molecule has 86 valence electrons. The lowest BCUT2D eigenvalue weighted by Crippen LogP contribution is -2.14. The topological polar surface area (TPSA) is 69.4 Å². The Kier molecular flexibility index (Phi) is 5.22. The van der Waals surface area contributed by atoms with Gasteiger partial charge in [0.25, 0.3) is 0 Å². The van der Waals surface area contributed by atoms with Gasteiger partial charge >= 0.3 is 5.97 Å². The summed E-state index contributed by atoms with van der Waals surface area (Å²) < 4.78 is 0. The Morgan fingerprint density at radius 2 is 1.88 bits per heavy atom. The summed E-state index contributed by atoms with van der Waals surface area (Å²) in [6.07, 6.45) is 1.72. The minimum absolute atomic E-state index is 0.133. The highest BCUT2D eigenvalue weighted by Gasteiger charge is 2.09. The van der Waals surface area contributed by atoms with Gasteiger partial charge in [0.2, 0.25) is 0 Å². The second-order valence-electron chi connectivity index (χ2n) is 3.54. The van der Waals surface area contributed by atoms with Crippen LogP contribution in [0.15, 0.2) is 30.3 Å². The molecule has 0 aliphatic carbocycles. The second kappa shape index (κ2) is 6.74. The Morgan fingerprint density at radius 1 is 1.19 bits per heavy atom. The third-order valence-corrected chi connectivity index (χ3v) is 2.24. The molecule has 0 radical (unpaired) electrons. The molecule has 4 nitrogen and oxygen atoms in total. The van der Waals surface area contributed by atoms with Crippen molar-refractivity contribution in [2.75, 3.05) is 0 Å². The Morgan fingerprint density at radius 3 is 2.50 bits per heavy atom. The number of rotatable bonds is 6. The van der Waals surface area contributed by atoms with Gasteiger partial charge in [0.1, 0.15) is 12.2 Å². The van der Waals surface area contributed by atoms with Crippen molar-refractivity contribution >= 4 is 11.8 Å². The zero-order chi connectivity index (χ0) is 11.8. The second-order valence-corrected chi connectivity index (χ2v) is 3.54. The number of benzene rings is 1.